The van der Waals surface area contributed by atoms with Gasteiger partial charge >= 0.3 is 11.5 Å². The van der Waals surface area contributed by atoms with E-state index < -0.39 is 51.3 Å². The second-order valence-corrected chi connectivity index (χ2v) is 4.43. The van der Waals surface area contributed by atoms with Crippen LogP contribution in [0.1, 0.15) is 27.9 Å². The van der Waals surface area contributed by atoms with Crippen LogP contribution in [0, 0.1) is 11.3 Å². The number of methoxy groups -OCH3 is 1. The lowest BCUT2D eigenvalue weighted by molar-refractivity contribution is -0.0329. The predicted molar refractivity (Wildman–Crippen MR) is 59.4 cm³/mol. The third-order valence-electron chi connectivity index (χ3n) is 2.16. The maximum atomic E-state index is 12.7. The molecule has 0 atom stereocenters. The molecule has 0 aliphatic carbocycles. The van der Waals surface area contributed by atoms with Gasteiger partial charge in [-0.25, -0.2) is 13.6 Å². The summed E-state index contributed by atoms with van der Waals surface area (Å²) in [5, 5.41) is 8.86. The molecule has 0 saturated heterocycles. The lowest BCUT2D eigenvalue weighted by Gasteiger charge is -2.14. The van der Waals surface area contributed by atoms with Gasteiger partial charge in [0.1, 0.15) is 6.07 Å². The van der Waals surface area contributed by atoms with Gasteiger partial charge in [0.25, 0.3) is 6.43 Å². The fourth-order valence-corrected chi connectivity index (χ4v) is 2.15. The van der Waals surface area contributed by atoms with E-state index in [9.17, 15) is 26.7 Å². The summed E-state index contributed by atoms with van der Waals surface area (Å²) in [5.74, 6) is -1.08. The van der Waals surface area contributed by atoms with Crippen molar-refractivity contribution in [2.45, 2.75) is 16.8 Å². The van der Waals surface area contributed by atoms with Gasteiger partial charge in [0, 0.05) is 10.5 Å². The third-order valence-corrected chi connectivity index (χ3v) is 3.03. The third kappa shape index (κ3) is 3.60. The Kier molecular flexibility index (Phi) is 4.94. The van der Waals surface area contributed by atoms with Gasteiger partial charge in [0.05, 0.1) is 18.2 Å². The minimum absolute atomic E-state index is 0.494. The molecule has 0 aliphatic rings. The normalized spacial score (nSPS) is 11.3. The van der Waals surface area contributed by atoms with E-state index in [1.807, 2.05) is 0 Å². The number of nitrogens with zero attached hydrogens (tertiary/aromatic N) is 1. The number of esters is 1. The monoisotopic (exact) mass is 311 g/mol. The Hall–Kier alpha value is -1.82. The first kappa shape index (κ1) is 16.2. The van der Waals surface area contributed by atoms with Crippen LogP contribution >= 0.6 is 11.8 Å². The molecule has 0 spiro atoms. The van der Waals surface area contributed by atoms with E-state index in [-0.39, 0.29) is 0 Å². The Labute approximate surface area is 114 Å². The summed E-state index contributed by atoms with van der Waals surface area (Å²) in [7, 11) is 0.959. The van der Waals surface area contributed by atoms with Crippen molar-refractivity contribution in [1.29, 1.82) is 5.26 Å². The summed E-state index contributed by atoms with van der Waals surface area (Å²) in [4.78, 5) is 10.4. The number of hydrogen-bond donors (Lipinski definition) is 0. The summed E-state index contributed by atoms with van der Waals surface area (Å²) in [5.41, 5.74) is -7.11. The second-order valence-electron chi connectivity index (χ2n) is 3.36. The summed E-state index contributed by atoms with van der Waals surface area (Å²) in [6.45, 7) is 0. The summed E-state index contributed by atoms with van der Waals surface area (Å²) in [6, 6.07) is 2.85. The van der Waals surface area contributed by atoms with Crippen LogP contribution in [0.25, 0.3) is 0 Å². The molecule has 9 heteroatoms. The molecule has 1 rings (SSSR count). The first-order chi connectivity index (χ1) is 9.21. The lowest BCUT2D eigenvalue weighted by Crippen LogP contribution is -2.09. The number of halogens is 5. The van der Waals surface area contributed by atoms with Crippen molar-refractivity contribution in [3.8, 4) is 6.07 Å². The Morgan fingerprint density at radius 3 is 2.40 bits per heavy atom. The zero-order valence-electron chi connectivity index (χ0n) is 9.79. The first-order valence-electron chi connectivity index (χ1n) is 4.90. The van der Waals surface area contributed by atoms with Crippen LogP contribution in [0.5, 0.6) is 0 Å². The topological polar surface area (TPSA) is 50.1 Å². The smallest absolute Gasteiger partial charge is 0.446 e. The highest BCUT2D eigenvalue weighted by Crippen LogP contribution is 2.43. The number of hydrogen-bond acceptors (Lipinski definition) is 4. The Balaban J connectivity index is 3.55. The minimum Gasteiger partial charge on any atom is -0.465 e. The fraction of sp³-hybridized carbons (Fsp3) is 0.273. The zero-order chi connectivity index (χ0) is 15.5. The van der Waals surface area contributed by atoms with Crippen LogP contribution in [-0.2, 0) is 4.74 Å². The van der Waals surface area contributed by atoms with Crippen LogP contribution in [-0.4, -0.2) is 18.6 Å². The molecule has 0 radical (unpaired) electrons. The second kappa shape index (κ2) is 6.09. The highest BCUT2D eigenvalue weighted by Gasteiger charge is 2.34. The van der Waals surface area contributed by atoms with Crippen LogP contribution in [0.4, 0.5) is 22.0 Å². The molecule has 1 aromatic carbocycles. The fourth-order valence-electron chi connectivity index (χ4n) is 1.39. The number of carbonyl (C=O) groups is 1. The minimum atomic E-state index is -4.87. The number of rotatable bonds is 3. The molecule has 1 aromatic rings. The molecule has 0 heterocycles. The van der Waals surface area contributed by atoms with Gasteiger partial charge in [0.2, 0.25) is 0 Å². The van der Waals surface area contributed by atoms with Crippen molar-refractivity contribution < 1.29 is 31.5 Å². The number of carbonyl (C=O) groups excluding carboxylic acids is 1. The number of alkyl halides is 5. The SMILES string of the molecule is COC(=O)c1ccc(C(F)F)c(SC(F)(F)F)c1C#N. The number of ether oxygens (including phenoxy) is 1. The number of benzene rings is 1. The quantitative estimate of drug-likeness (QED) is 0.483. The molecule has 0 bridgehead atoms. The van der Waals surface area contributed by atoms with E-state index in [0.29, 0.717) is 6.07 Å². The number of nitriles is 1. The molecule has 0 unspecified atom stereocenters. The van der Waals surface area contributed by atoms with E-state index in [4.69, 9.17) is 5.26 Å². The maximum Gasteiger partial charge on any atom is 0.446 e. The Bertz CT molecular complexity index is 565. The van der Waals surface area contributed by atoms with Gasteiger partial charge in [-0.1, -0.05) is 6.07 Å². The number of thioether (sulfide) groups is 1. The molecular formula is C11H6F5NO2S. The van der Waals surface area contributed by atoms with Crippen LogP contribution in [0.3, 0.4) is 0 Å². The maximum absolute atomic E-state index is 12.7. The van der Waals surface area contributed by atoms with Crippen molar-refractivity contribution in [1.82, 2.24) is 0 Å². The van der Waals surface area contributed by atoms with Gasteiger partial charge in [-0.05, 0) is 17.8 Å². The highest BCUT2D eigenvalue weighted by atomic mass is 32.2. The van der Waals surface area contributed by atoms with E-state index in [1.54, 1.807) is 0 Å². The van der Waals surface area contributed by atoms with Crippen LogP contribution in [0.15, 0.2) is 17.0 Å². The van der Waals surface area contributed by atoms with Crippen molar-refractivity contribution in [2.75, 3.05) is 7.11 Å². The van der Waals surface area contributed by atoms with Crippen molar-refractivity contribution in [3.63, 3.8) is 0 Å². The van der Waals surface area contributed by atoms with Crippen molar-refractivity contribution >= 4 is 17.7 Å². The van der Waals surface area contributed by atoms with E-state index in [1.165, 1.54) is 6.07 Å². The largest absolute Gasteiger partial charge is 0.465 e. The van der Waals surface area contributed by atoms with E-state index >= 15 is 0 Å². The summed E-state index contributed by atoms with van der Waals surface area (Å²) >= 11 is -0.861. The predicted octanol–water partition coefficient (Wildman–Crippen LogP) is 3.89. The summed E-state index contributed by atoms with van der Waals surface area (Å²) < 4.78 is 67.0. The average Bonchev–Trinajstić information content (AvgIpc) is 2.34. The molecule has 108 valence electrons. The van der Waals surface area contributed by atoms with Gasteiger partial charge in [-0.2, -0.15) is 18.4 Å². The van der Waals surface area contributed by atoms with Gasteiger partial charge < -0.3 is 4.74 Å². The average molecular weight is 311 g/mol. The molecular weight excluding hydrogens is 305 g/mol. The highest BCUT2D eigenvalue weighted by molar-refractivity contribution is 8.00. The molecule has 0 N–H and O–H groups in total. The Morgan fingerprint density at radius 2 is 2.00 bits per heavy atom. The van der Waals surface area contributed by atoms with Crippen molar-refractivity contribution in [3.05, 3.63) is 28.8 Å². The molecule has 0 amide bonds. The zero-order valence-corrected chi connectivity index (χ0v) is 10.6. The van der Waals surface area contributed by atoms with Gasteiger partial charge in [-0.3, -0.25) is 0 Å². The molecule has 0 aromatic heterocycles. The van der Waals surface area contributed by atoms with Crippen LogP contribution in [0.2, 0.25) is 0 Å². The first-order valence-corrected chi connectivity index (χ1v) is 5.72. The Morgan fingerprint density at radius 1 is 1.40 bits per heavy atom. The summed E-state index contributed by atoms with van der Waals surface area (Å²) in [6.07, 6.45) is -3.21. The van der Waals surface area contributed by atoms with E-state index in [0.717, 1.165) is 13.2 Å². The van der Waals surface area contributed by atoms with Crippen LogP contribution < -0.4 is 0 Å². The lowest BCUT2D eigenvalue weighted by atomic mass is 10.0. The molecule has 20 heavy (non-hydrogen) atoms. The van der Waals surface area contributed by atoms with Gasteiger partial charge in [0.15, 0.2) is 0 Å². The molecule has 0 fully saturated rings. The van der Waals surface area contributed by atoms with Crippen molar-refractivity contribution in [2.24, 2.45) is 0 Å². The molecule has 0 aliphatic heterocycles. The van der Waals surface area contributed by atoms with E-state index in [2.05, 4.69) is 4.74 Å². The molecule has 3 nitrogen and oxygen atoms in total. The standard InChI is InChI=1S/C11H6F5NO2S/c1-19-10(18)5-2-3-6(9(12)13)8(7(5)4-17)20-11(14,15)16/h2-3,9H,1H3. The van der Waals surface area contributed by atoms with Gasteiger partial charge in [-0.15, -0.1) is 0 Å². The molecule has 0 saturated carbocycles.